The lowest BCUT2D eigenvalue weighted by Crippen LogP contribution is -2.43. The van der Waals surface area contributed by atoms with Gasteiger partial charge >= 0.3 is 0 Å². The molecule has 0 radical (unpaired) electrons. The molecule has 4 heteroatoms. The van der Waals surface area contributed by atoms with Crippen LogP contribution in [0.4, 0.5) is 4.39 Å². The average molecular weight is 370 g/mol. The minimum absolute atomic E-state index is 0.167. The lowest BCUT2D eigenvalue weighted by molar-refractivity contribution is 0.241. The number of nitrogens with zero attached hydrogens (tertiary/aromatic N) is 2. The second-order valence-corrected chi connectivity index (χ2v) is 7.56. The van der Waals surface area contributed by atoms with E-state index in [1.165, 1.54) is 61.5 Å². The third kappa shape index (κ3) is 5.86. The van der Waals surface area contributed by atoms with Crippen LogP contribution in [-0.2, 0) is 19.4 Å². The van der Waals surface area contributed by atoms with Gasteiger partial charge in [-0.05, 0) is 55.3 Å². The number of nitrogens with one attached hydrogen (secondary N) is 1. The van der Waals surface area contributed by atoms with Crippen molar-refractivity contribution in [1.82, 2.24) is 15.1 Å². The molecule has 0 atom stereocenters. The summed E-state index contributed by atoms with van der Waals surface area (Å²) >= 11 is 0. The van der Waals surface area contributed by atoms with E-state index >= 15 is 0 Å². The highest BCUT2D eigenvalue weighted by Crippen LogP contribution is 2.25. The van der Waals surface area contributed by atoms with Crippen LogP contribution < -0.4 is 5.32 Å². The fraction of sp³-hybridized carbons (Fsp3) is 0.478. The summed E-state index contributed by atoms with van der Waals surface area (Å²) in [4.78, 5) is 4.82. The number of rotatable bonds is 4. The van der Waals surface area contributed by atoms with E-state index in [-0.39, 0.29) is 5.82 Å². The molecule has 4 rings (SSSR count). The van der Waals surface area contributed by atoms with E-state index in [4.69, 9.17) is 0 Å². The Morgan fingerprint density at radius 2 is 1.59 bits per heavy atom. The summed E-state index contributed by atoms with van der Waals surface area (Å²) in [5.74, 6) is -0.167. The Kier molecular flexibility index (Phi) is 7.39. The Labute approximate surface area is 163 Å². The summed E-state index contributed by atoms with van der Waals surface area (Å²) in [5, 5.41) is 3.31. The van der Waals surface area contributed by atoms with Gasteiger partial charge in [0.2, 0.25) is 0 Å². The van der Waals surface area contributed by atoms with Gasteiger partial charge in [0.1, 0.15) is 5.82 Å². The molecule has 0 unspecified atom stereocenters. The highest BCUT2D eigenvalue weighted by molar-refractivity contribution is 5.33. The third-order valence-electron chi connectivity index (χ3n) is 5.65. The van der Waals surface area contributed by atoms with Gasteiger partial charge in [-0.15, -0.1) is 0 Å². The molecule has 1 saturated heterocycles. The van der Waals surface area contributed by atoms with Crippen LogP contribution in [0, 0.1) is 5.82 Å². The van der Waals surface area contributed by atoms with Crippen molar-refractivity contribution in [2.75, 3.05) is 39.8 Å². The van der Waals surface area contributed by atoms with Crippen molar-refractivity contribution in [2.45, 2.75) is 32.4 Å². The Balaban J connectivity index is 0.000000221. The van der Waals surface area contributed by atoms with E-state index in [2.05, 4.69) is 53.4 Å². The van der Waals surface area contributed by atoms with Crippen molar-refractivity contribution in [1.29, 1.82) is 0 Å². The monoisotopic (exact) mass is 369 g/mol. The molecule has 0 aromatic heterocycles. The fourth-order valence-electron chi connectivity index (χ4n) is 3.88. The highest BCUT2D eigenvalue weighted by atomic mass is 19.1. The van der Waals surface area contributed by atoms with Gasteiger partial charge < -0.3 is 10.2 Å². The van der Waals surface area contributed by atoms with Crippen LogP contribution in [0.1, 0.15) is 23.6 Å². The first kappa shape index (κ1) is 20.0. The van der Waals surface area contributed by atoms with Gasteiger partial charge in [-0.25, -0.2) is 4.39 Å². The highest BCUT2D eigenvalue weighted by Gasteiger charge is 2.24. The fourth-order valence-corrected chi connectivity index (χ4v) is 3.88. The van der Waals surface area contributed by atoms with Gasteiger partial charge in [0, 0.05) is 38.8 Å². The smallest absolute Gasteiger partial charge is 0.123 e. The quantitative estimate of drug-likeness (QED) is 0.892. The van der Waals surface area contributed by atoms with Gasteiger partial charge in [-0.1, -0.05) is 43.3 Å². The number of fused-ring (bicyclic) bond motifs is 1. The summed E-state index contributed by atoms with van der Waals surface area (Å²) in [5.41, 5.74) is 4.11. The van der Waals surface area contributed by atoms with E-state index in [9.17, 15) is 4.39 Å². The lowest BCUT2D eigenvalue weighted by atomic mass is 10.1. The maximum absolute atomic E-state index is 12.9. The maximum Gasteiger partial charge on any atom is 0.123 e. The van der Waals surface area contributed by atoms with Crippen LogP contribution in [0.2, 0.25) is 0 Å². The third-order valence-corrected chi connectivity index (χ3v) is 5.65. The first-order chi connectivity index (χ1) is 13.2. The number of halogens is 1. The van der Waals surface area contributed by atoms with Crippen molar-refractivity contribution in [3.8, 4) is 0 Å². The summed E-state index contributed by atoms with van der Waals surface area (Å²) in [6.45, 7) is 9.11. The zero-order chi connectivity index (χ0) is 19.1. The van der Waals surface area contributed by atoms with Crippen molar-refractivity contribution in [3.05, 3.63) is 71.0 Å². The van der Waals surface area contributed by atoms with Crippen LogP contribution in [0.5, 0.6) is 0 Å². The molecular formula is C23H32FN3. The molecule has 1 N–H and O–H groups in total. The summed E-state index contributed by atoms with van der Waals surface area (Å²) in [7, 11) is 2.15. The molecule has 146 valence electrons. The van der Waals surface area contributed by atoms with Crippen LogP contribution in [0.15, 0.2) is 48.5 Å². The van der Waals surface area contributed by atoms with Crippen LogP contribution >= 0.6 is 0 Å². The first-order valence-corrected chi connectivity index (χ1v) is 10.1. The van der Waals surface area contributed by atoms with Crippen LogP contribution in [0.25, 0.3) is 0 Å². The van der Waals surface area contributed by atoms with E-state index in [0.717, 1.165) is 19.4 Å². The number of likely N-dealkylation sites (N-methyl/N-ethyl adjacent to an activating group) is 2. The summed E-state index contributed by atoms with van der Waals surface area (Å²) in [6.07, 6.45) is 2.24. The first-order valence-electron chi connectivity index (χ1n) is 10.1. The number of hydrogen-bond donors (Lipinski definition) is 1. The molecule has 0 spiro atoms. The Morgan fingerprint density at radius 3 is 2.11 bits per heavy atom. The van der Waals surface area contributed by atoms with Gasteiger partial charge in [-0.3, -0.25) is 4.90 Å². The number of hydrogen-bond acceptors (Lipinski definition) is 3. The molecular weight excluding hydrogens is 337 g/mol. The SMILES string of the molecule is CCN1CCNCC1.CN(Cc1ccc(F)cc1)C1Cc2ccccc2C1. The zero-order valence-electron chi connectivity index (χ0n) is 16.6. The molecule has 2 aliphatic rings. The molecule has 2 aromatic rings. The second kappa shape index (κ2) is 9.98. The van der Waals surface area contributed by atoms with Crippen molar-refractivity contribution < 1.29 is 4.39 Å². The number of piperazine rings is 1. The minimum Gasteiger partial charge on any atom is -0.314 e. The topological polar surface area (TPSA) is 18.5 Å². The second-order valence-electron chi connectivity index (χ2n) is 7.56. The van der Waals surface area contributed by atoms with E-state index in [1.54, 1.807) is 0 Å². The van der Waals surface area contributed by atoms with Crippen molar-refractivity contribution >= 4 is 0 Å². The Morgan fingerprint density at radius 1 is 1.00 bits per heavy atom. The van der Waals surface area contributed by atoms with Gasteiger partial charge in [0.25, 0.3) is 0 Å². The summed E-state index contributed by atoms with van der Waals surface area (Å²) in [6, 6.07) is 16.0. The minimum atomic E-state index is -0.167. The maximum atomic E-state index is 12.9. The molecule has 0 amide bonds. The molecule has 2 aromatic carbocycles. The average Bonchev–Trinajstić information content (AvgIpc) is 3.15. The Bertz CT molecular complexity index is 670. The normalized spacial score (nSPS) is 17.5. The zero-order valence-corrected chi connectivity index (χ0v) is 16.6. The van der Waals surface area contributed by atoms with Gasteiger partial charge in [0.15, 0.2) is 0 Å². The van der Waals surface area contributed by atoms with E-state index < -0.39 is 0 Å². The van der Waals surface area contributed by atoms with Crippen molar-refractivity contribution in [3.63, 3.8) is 0 Å². The van der Waals surface area contributed by atoms with Gasteiger partial charge in [0.05, 0.1) is 0 Å². The summed E-state index contributed by atoms with van der Waals surface area (Å²) < 4.78 is 12.9. The number of benzene rings is 2. The largest absolute Gasteiger partial charge is 0.314 e. The standard InChI is InChI=1S/C17H18FN.C6H14N2/c1-19(12-13-6-8-16(18)9-7-13)17-10-14-4-2-3-5-15(14)11-17;1-2-8-5-3-7-4-6-8/h2-9,17H,10-12H2,1H3;7H,2-6H2,1H3. The van der Waals surface area contributed by atoms with E-state index in [1.807, 2.05) is 12.1 Å². The van der Waals surface area contributed by atoms with Gasteiger partial charge in [-0.2, -0.15) is 0 Å². The van der Waals surface area contributed by atoms with Crippen LogP contribution in [-0.4, -0.2) is 55.6 Å². The predicted molar refractivity (Wildman–Crippen MR) is 110 cm³/mol. The molecule has 0 bridgehead atoms. The Hall–Kier alpha value is -1.75. The lowest BCUT2D eigenvalue weighted by Gasteiger charge is -2.25. The van der Waals surface area contributed by atoms with Crippen molar-refractivity contribution in [2.24, 2.45) is 0 Å². The molecule has 1 heterocycles. The molecule has 1 fully saturated rings. The predicted octanol–water partition coefficient (Wildman–Crippen LogP) is 3.34. The molecule has 1 aliphatic heterocycles. The molecule has 27 heavy (non-hydrogen) atoms. The van der Waals surface area contributed by atoms with Crippen LogP contribution in [0.3, 0.4) is 0 Å². The molecule has 0 saturated carbocycles. The van der Waals surface area contributed by atoms with E-state index in [0.29, 0.717) is 6.04 Å². The molecule has 1 aliphatic carbocycles. The molecule has 3 nitrogen and oxygen atoms in total.